The number of hydrogen-bond acceptors (Lipinski definition) is 7. The number of thiocarbonyl (C=S) groups is 1. The van der Waals surface area contributed by atoms with E-state index in [0.29, 0.717) is 10.1 Å². The molecule has 0 atom stereocenters. The SMILES string of the molecule is COc1ccc2sc(=NN3C(=O)CSC3=S)sc2c1. The molecule has 0 spiro atoms. The molecule has 4 nitrogen and oxygen atoms in total. The van der Waals surface area contributed by atoms with E-state index in [1.54, 1.807) is 18.4 Å². The van der Waals surface area contributed by atoms with Crippen LogP contribution in [-0.4, -0.2) is 28.1 Å². The van der Waals surface area contributed by atoms with Crippen molar-refractivity contribution in [3.8, 4) is 5.75 Å². The molecule has 1 aliphatic rings. The van der Waals surface area contributed by atoms with Gasteiger partial charge < -0.3 is 4.74 Å². The third-order valence-electron chi connectivity index (χ3n) is 2.46. The minimum Gasteiger partial charge on any atom is -0.497 e. The zero-order chi connectivity index (χ0) is 13.4. The highest BCUT2D eigenvalue weighted by Crippen LogP contribution is 2.26. The van der Waals surface area contributed by atoms with Gasteiger partial charge in [0.15, 0.2) is 8.31 Å². The van der Waals surface area contributed by atoms with Crippen molar-refractivity contribution < 1.29 is 9.53 Å². The first-order chi connectivity index (χ1) is 9.17. The van der Waals surface area contributed by atoms with E-state index in [-0.39, 0.29) is 5.91 Å². The molecule has 2 aromatic rings. The maximum absolute atomic E-state index is 11.6. The summed E-state index contributed by atoms with van der Waals surface area (Å²) >= 11 is 9.52. The van der Waals surface area contributed by atoms with Crippen molar-refractivity contribution in [1.29, 1.82) is 0 Å². The molecule has 0 N–H and O–H groups in total. The molecule has 1 amide bonds. The molecule has 0 unspecified atom stereocenters. The smallest absolute Gasteiger partial charge is 0.259 e. The highest BCUT2D eigenvalue weighted by atomic mass is 32.2. The second-order valence-corrected chi connectivity index (χ2v) is 7.57. The van der Waals surface area contributed by atoms with E-state index in [2.05, 4.69) is 5.10 Å². The molecule has 0 bridgehead atoms. The Morgan fingerprint density at radius 2 is 2.16 bits per heavy atom. The molecule has 0 radical (unpaired) electrons. The normalized spacial score (nSPS) is 16.7. The first-order valence-corrected chi connectivity index (χ1v) is 8.32. The third kappa shape index (κ3) is 2.53. The maximum atomic E-state index is 11.6. The van der Waals surface area contributed by atoms with Crippen molar-refractivity contribution in [2.45, 2.75) is 0 Å². The van der Waals surface area contributed by atoms with Gasteiger partial charge in [0.1, 0.15) is 5.75 Å². The molecule has 0 saturated carbocycles. The van der Waals surface area contributed by atoms with Gasteiger partial charge in [0.05, 0.1) is 17.6 Å². The van der Waals surface area contributed by atoms with Crippen LogP contribution in [0.4, 0.5) is 0 Å². The minimum absolute atomic E-state index is 0.0581. The van der Waals surface area contributed by atoms with Crippen LogP contribution in [-0.2, 0) is 4.79 Å². The van der Waals surface area contributed by atoms with Gasteiger partial charge >= 0.3 is 0 Å². The van der Waals surface area contributed by atoms with Crippen LogP contribution in [0.3, 0.4) is 0 Å². The van der Waals surface area contributed by atoms with E-state index in [9.17, 15) is 4.79 Å². The average molecular weight is 328 g/mol. The lowest BCUT2D eigenvalue weighted by Crippen LogP contribution is -2.24. The lowest BCUT2D eigenvalue weighted by Gasteiger charge is -2.04. The van der Waals surface area contributed by atoms with Gasteiger partial charge in [-0.05, 0) is 18.2 Å². The van der Waals surface area contributed by atoms with Crippen molar-refractivity contribution >= 4 is 66.3 Å². The van der Waals surface area contributed by atoms with Crippen LogP contribution in [0.5, 0.6) is 5.75 Å². The number of nitrogens with zero attached hydrogens (tertiary/aromatic N) is 2. The second kappa shape index (κ2) is 5.20. The Balaban J connectivity index is 2.05. The van der Waals surface area contributed by atoms with Crippen molar-refractivity contribution in [1.82, 2.24) is 5.01 Å². The quantitative estimate of drug-likeness (QED) is 0.795. The molecule has 2 heterocycles. The fraction of sp³-hybridized carbons (Fsp3) is 0.182. The molecule has 1 fully saturated rings. The van der Waals surface area contributed by atoms with Gasteiger partial charge in [0, 0.05) is 4.70 Å². The highest BCUT2D eigenvalue weighted by Gasteiger charge is 2.26. The molecule has 0 aliphatic carbocycles. The number of amides is 1. The number of carbonyl (C=O) groups is 1. The molecule has 3 rings (SSSR count). The maximum Gasteiger partial charge on any atom is 0.259 e. The standard InChI is InChI=1S/C11H8N2O2S4/c1-15-6-2-3-7-8(4-6)19-10(18-7)12-13-9(14)5-17-11(13)16/h2-4H,5H2,1H3. The number of fused-ring (bicyclic) bond motifs is 1. The zero-order valence-electron chi connectivity index (χ0n) is 9.78. The van der Waals surface area contributed by atoms with Crippen LogP contribution in [0.15, 0.2) is 23.3 Å². The van der Waals surface area contributed by atoms with Gasteiger partial charge in [-0.15, -0.1) is 27.8 Å². The Kier molecular flexibility index (Phi) is 3.57. The fourth-order valence-electron chi connectivity index (χ4n) is 1.56. The van der Waals surface area contributed by atoms with Crippen LogP contribution in [0.25, 0.3) is 9.40 Å². The summed E-state index contributed by atoms with van der Waals surface area (Å²) in [6.45, 7) is 0. The monoisotopic (exact) mass is 328 g/mol. The Morgan fingerprint density at radius 1 is 1.37 bits per heavy atom. The Bertz CT molecular complexity index is 718. The number of hydrogen-bond donors (Lipinski definition) is 0. The number of benzene rings is 1. The Labute approximate surface area is 126 Å². The van der Waals surface area contributed by atoms with Gasteiger partial charge in [-0.25, -0.2) is 0 Å². The number of ether oxygens (including phenoxy) is 1. The molecule has 1 aliphatic heterocycles. The number of thioether (sulfide) groups is 1. The minimum atomic E-state index is -0.0581. The summed E-state index contributed by atoms with van der Waals surface area (Å²) in [6.07, 6.45) is 0. The number of methoxy groups -OCH3 is 1. The van der Waals surface area contributed by atoms with E-state index in [1.165, 1.54) is 28.1 Å². The largest absolute Gasteiger partial charge is 0.497 e. The van der Waals surface area contributed by atoms with E-state index in [4.69, 9.17) is 17.0 Å². The summed E-state index contributed by atoms with van der Waals surface area (Å²) in [4.78, 5) is 11.6. The van der Waals surface area contributed by atoms with Crippen LogP contribution >= 0.6 is 46.7 Å². The van der Waals surface area contributed by atoms with Crippen molar-refractivity contribution in [2.75, 3.05) is 12.9 Å². The Morgan fingerprint density at radius 3 is 2.84 bits per heavy atom. The summed E-state index contributed by atoms with van der Waals surface area (Å²) in [5, 5.41) is 5.65. The average Bonchev–Trinajstić information content (AvgIpc) is 2.95. The second-order valence-electron chi connectivity index (χ2n) is 3.64. The predicted molar refractivity (Wildman–Crippen MR) is 83.7 cm³/mol. The summed E-state index contributed by atoms with van der Waals surface area (Å²) in [5.41, 5.74) is 0. The number of rotatable bonds is 2. The van der Waals surface area contributed by atoms with Gasteiger partial charge in [-0.1, -0.05) is 24.0 Å². The van der Waals surface area contributed by atoms with Crippen LogP contribution in [0.2, 0.25) is 0 Å². The first-order valence-electron chi connectivity index (χ1n) is 5.29. The van der Waals surface area contributed by atoms with Crippen molar-refractivity contribution in [2.24, 2.45) is 5.10 Å². The predicted octanol–water partition coefficient (Wildman–Crippen LogP) is 2.65. The Hall–Kier alpha value is -0.960. The third-order valence-corrected chi connectivity index (χ3v) is 6.07. The fourth-order valence-corrected chi connectivity index (χ4v) is 4.72. The molecular weight excluding hydrogens is 320 g/mol. The van der Waals surface area contributed by atoms with Gasteiger partial charge in [0.2, 0.25) is 0 Å². The molecule has 98 valence electrons. The molecule has 19 heavy (non-hydrogen) atoms. The number of carbonyl (C=O) groups excluding carboxylic acids is 1. The van der Waals surface area contributed by atoms with Crippen LogP contribution in [0.1, 0.15) is 0 Å². The van der Waals surface area contributed by atoms with E-state index in [0.717, 1.165) is 19.1 Å². The van der Waals surface area contributed by atoms with Crippen LogP contribution in [0, 0.1) is 0 Å². The van der Waals surface area contributed by atoms with E-state index < -0.39 is 0 Å². The van der Waals surface area contributed by atoms with E-state index >= 15 is 0 Å². The summed E-state index contributed by atoms with van der Waals surface area (Å²) in [5.74, 6) is 1.14. The molecule has 1 aromatic carbocycles. The summed E-state index contributed by atoms with van der Waals surface area (Å²) in [6, 6.07) is 5.87. The van der Waals surface area contributed by atoms with Crippen LogP contribution < -0.4 is 8.72 Å². The molecule has 1 aromatic heterocycles. The topological polar surface area (TPSA) is 41.9 Å². The van der Waals surface area contributed by atoms with Gasteiger partial charge in [-0.3, -0.25) is 4.79 Å². The molecule has 1 saturated heterocycles. The molecule has 8 heteroatoms. The lowest BCUT2D eigenvalue weighted by molar-refractivity contribution is -0.124. The van der Waals surface area contributed by atoms with Gasteiger partial charge in [-0.2, -0.15) is 5.01 Å². The summed E-state index contributed by atoms with van der Waals surface area (Å²) in [7, 11) is 1.64. The van der Waals surface area contributed by atoms with Gasteiger partial charge in [0.25, 0.3) is 5.91 Å². The lowest BCUT2D eigenvalue weighted by atomic mass is 10.3. The summed E-state index contributed by atoms with van der Waals surface area (Å²) < 4.78 is 8.73. The van der Waals surface area contributed by atoms with Crippen molar-refractivity contribution in [3.05, 3.63) is 22.2 Å². The molecular formula is C11H8N2O2S4. The van der Waals surface area contributed by atoms with E-state index in [1.807, 2.05) is 18.2 Å². The zero-order valence-corrected chi connectivity index (χ0v) is 13.0. The highest BCUT2D eigenvalue weighted by molar-refractivity contribution is 8.23. The first kappa shape index (κ1) is 13.0. The van der Waals surface area contributed by atoms with Crippen molar-refractivity contribution in [3.63, 3.8) is 0 Å².